The highest BCUT2D eigenvalue weighted by Crippen LogP contribution is 2.09. The summed E-state index contributed by atoms with van der Waals surface area (Å²) in [6.45, 7) is 6.60. The van der Waals surface area contributed by atoms with Crippen molar-refractivity contribution in [3.8, 4) is 0 Å². The first-order valence-corrected chi connectivity index (χ1v) is 8.36. The van der Waals surface area contributed by atoms with Gasteiger partial charge < -0.3 is 14.7 Å². The van der Waals surface area contributed by atoms with Crippen LogP contribution in [0, 0.1) is 0 Å². The summed E-state index contributed by atoms with van der Waals surface area (Å²) in [7, 11) is 0. The van der Waals surface area contributed by atoms with Crippen molar-refractivity contribution in [2.45, 2.75) is 26.8 Å². The van der Waals surface area contributed by atoms with Crippen LogP contribution in [0.5, 0.6) is 0 Å². The Morgan fingerprint density at radius 3 is 2.12 bits per heavy atom. The highest BCUT2D eigenvalue weighted by atomic mass is 16.2. The first-order valence-electron chi connectivity index (χ1n) is 8.36. The van der Waals surface area contributed by atoms with E-state index in [1.54, 1.807) is 14.7 Å². The fraction of sp³-hybridized carbons (Fsp3) is 0.500. The highest BCUT2D eigenvalue weighted by molar-refractivity contribution is 5.97. The number of carbonyl (C=O) groups is 3. The van der Waals surface area contributed by atoms with Crippen LogP contribution in [0.3, 0.4) is 0 Å². The summed E-state index contributed by atoms with van der Waals surface area (Å²) in [4.78, 5) is 41.2. The zero-order valence-electron chi connectivity index (χ0n) is 14.4. The molecule has 0 N–H and O–H groups in total. The number of hydrogen-bond donors (Lipinski definition) is 0. The second-order valence-electron chi connectivity index (χ2n) is 5.96. The molecule has 0 aliphatic carbocycles. The number of benzene rings is 1. The van der Waals surface area contributed by atoms with Crippen molar-refractivity contribution in [3.63, 3.8) is 0 Å². The molecule has 0 aromatic heterocycles. The number of rotatable bonds is 5. The van der Waals surface area contributed by atoms with Gasteiger partial charge in [-0.1, -0.05) is 30.3 Å². The van der Waals surface area contributed by atoms with Crippen molar-refractivity contribution in [1.82, 2.24) is 14.7 Å². The summed E-state index contributed by atoms with van der Waals surface area (Å²) >= 11 is 0. The van der Waals surface area contributed by atoms with Gasteiger partial charge in [0.15, 0.2) is 0 Å². The van der Waals surface area contributed by atoms with E-state index in [4.69, 9.17) is 0 Å². The minimum absolute atomic E-state index is 0.0261. The van der Waals surface area contributed by atoms with Crippen LogP contribution in [-0.2, 0) is 20.9 Å². The molecule has 1 aliphatic heterocycles. The molecular weight excluding hydrogens is 306 g/mol. The number of amides is 3. The minimum Gasteiger partial charge on any atom is -0.339 e. The zero-order chi connectivity index (χ0) is 17.5. The molecule has 6 nitrogen and oxygen atoms in total. The molecule has 0 spiro atoms. The molecule has 3 amide bonds. The van der Waals surface area contributed by atoms with Crippen molar-refractivity contribution < 1.29 is 14.4 Å². The second-order valence-corrected chi connectivity index (χ2v) is 5.96. The van der Waals surface area contributed by atoms with Crippen molar-refractivity contribution in [2.75, 3.05) is 32.7 Å². The molecule has 1 aromatic rings. The van der Waals surface area contributed by atoms with Crippen LogP contribution in [0.2, 0.25) is 0 Å². The van der Waals surface area contributed by atoms with E-state index in [1.165, 1.54) is 6.92 Å². The Labute approximate surface area is 143 Å². The van der Waals surface area contributed by atoms with Crippen LogP contribution in [0.15, 0.2) is 30.3 Å². The first-order chi connectivity index (χ1) is 11.5. The van der Waals surface area contributed by atoms with Gasteiger partial charge in [-0.05, 0) is 12.5 Å². The molecule has 0 atom stereocenters. The summed E-state index contributed by atoms with van der Waals surface area (Å²) in [5, 5.41) is 0. The maximum Gasteiger partial charge on any atom is 0.232 e. The molecule has 130 valence electrons. The molecule has 0 unspecified atom stereocenters. The van der Waals surface area contributed by atoms with Crippen molar-refractivity contribution in [2.24, 2.45) is 0 Å². The third kappa shape index (κ3) is 4.81. The first kappa shape index (κ1) is 18.0. The third-order valence-electron chi connectivity index (χ3n) is 4.33. The largest absolute Gasteiger partial charge is 0.339 e. The summed E-state index contributed by atoms with van der Waals surface area (Å²) in [5.41, 5.74) is 1.05. The van der Waals surface area contributed by atoms with E-state index in [-0.39, 0.29) is 24.1 Å². The van der Waals surface area contributed by atoms with E-state index in [0.717, 1.165) is 5.56 Å². The van der Waals surface area contributed by atoms with Gasteiger partial charge in [0, 0.05) is 46.2 Å². The van der Waals surface area contributed by atoms with Crippen LogP contribution >= 0.6 is 0 Å². The van der Waals surface area contributed by atoms with Gasteiger partial charge >= 0.3 is 0 Å². The maximum absolute atomic E-state index is 12.4. The molecular formula is C18H25N3O3. The number of piperazine rings is 1. The van der Waals surface area contributed by atoms with Crippen molar-refractivity contribution >= 4 is 17.7 Å². The van der Waals surface area contributed by atoms with E-state index in [0.29, 0.717) is 39.3 Å². The fourth-order valence-corrected chi connectivity index (χ4v) is 2.80. The average Bonchev–Trinajstić information content (AvgIpc) is 2.60. The van der Waals surface area contributed by atoms with E-state index in [9.17, 15) is 14.4 Å². The Morgan fingerprint density at radius 2 is 1.58 bits per heavy atom. The van der Waals surface area contributed by atoms with Crippen LogP contribution in [-0.4, -0.2) is 65.1 Å². The highest BCUT2D eigenvalue weighted by Gasteiger charge is 2.25. The predicted octanol–water partition coefficient (Wildman–Crippen LogP) is 1.12. The predicted molar refractivity (Wildman–Crippen MR) is 91.0 cm³/mol. The molecule has 2 rings (SSSR count). The third-order valence-corrected chi connectivity index (χ3v) is 4.33. The topological polar surface area (TPSA) is 60.9 Å². The minimum atomic E-state index is -0.158. The van der Waals surface area contributed by atoms with Gasteiger partial charge in [0.05, 0.1) is 0 Å². The smallest absolute Gasteiger partial charge is 0.232 e. The summed E-state index contributed by atoms with van der Waals surface area (Å²) < 4.78 is 0. The Hall–Kier alpha value is -2.37. The Morgan fingerprint density at radius 1 is 1.00 bits per heavy atom. The normalized spacial score (nSPS) is 14.4. The summed E-state index contributed by atoms with van der Waals surface area (Å²) in [5.74, 6) is -0.284. The van der Waals surface area contributed by atoms with Gasteiger partial charge in [0.2, 0.25) is 17.7 Å². The van der Waals surface area contributed by atoms with Crippen LogP contribution in [0.25, 0.3) is 0 Å². The average molecular weight is 331 g/mol. The molecule has 0 bridgehead atoms. The second kappa shape index (κ2) is 8.47. The molecule has 1 heterocycles. The van der Waals surface area contributed by atoms with Gasteiger partial charge in [-0.2, -0.15) is 0 Å². The fourth-order valence-electron chi connectivity index (χ4n) is 2.80. The molecule has 24 heavy (non-hydrogen) atoms. The van der Waals surface area contributed by atoms with Crippen molar-refractivity contribution in [1.29, 1.82) is 0 Å². The maximum atomic E-state index is 12.4. The van der Waals surface area contributed by atoms with E-state index >= 15 is 0 Å². The van der Waals surface area contributed by atoms with Gasteiger partial charge in [-0.3, -0.25) is 14.4 Å². The molecule has 1 aromatic carbocycles. The molecule has 0 radical (unpaired) electrons. The van der Waals surface area contributed by atoms with Crippen LogP contribution in [0.4, 0.5) is 0 Å². The van der Waals surface area contributed by atoms with Crippen LogP contribution in [0.1, 0.15) is 25.8 Å². The monoisotopic (exact) mass is 331 g/mol. The number of nitrogens with zero attached hydrogens (tertiary/aromatic N) is 3. The Bertz CT molecular complexity index is 580. The standard InChI is InChI=1S/C18H25N3O3/c1-3-19(14-16-7-5-4-6-8-16)17(23)13-18(24)21-11-9-20(10-12-21)15(2)22/h4-8H,3,9-14H2,1-2H3. The number of hydrogen-bond acceptors (Lipinski definition) is 3. The Balaban J connectivity index is 1.86. The van der Waals surface area contributed by atoms with Gasteiger partial charge in [-0.25, -0.2) is 0 Å². The molecule has 1 saturated heterocycles. The molecule has 0 saturated carbocycles. The quantitative estimate of drug-likeness (QED) is 0.760. The van der Waals surface area contributed by atoms with E-state index in [1.807, 2.05) is 37.3 Å². The molecule has 1 fully saturated rings. The van der Waals surface area contributed by atoms with Gasteiger partial charge in [-0.15, -0.1) is 0 Å². The molecule has 6 heteroatoms. The van der Waals surface area contributed by atoms with E-state index in [2.05, 4.69) is 0 Å². The lowest BCUT2D eigenvalue weighted by Crippen LogP contribution is -2.50. The summed E-state index contributed by atoms with van der Waals surface area (Å²) in [6, 6.07) is 9.75. The lowest BCUT2D eigenvalue weighted by atomic mass is 10.2. The number of carbonyl (C=O) groups excluding carboxylic acids is 3. The SMILES string of the molecule is CCN(Cc1ccccc1)C(=O)CC(=O)N1CCN(C(C)=O)CC1. The van der Waals surface area contributed by atoms with Crippen LogP contribution < -0.4 is 0 Å². The van der Waals surface area contributed by atoms with Gasteiger partial charge in [0.1, 0.15) is 6.42 Å². The van der Waals surface area contributed by atoms with Crippen molar-refractivity contribution in [3.05, 3.63) is 35.9 Å². The lowest BCUT2D eigenvalue weighted by Gasteiger charge is -2.34. The molecule has 1 aliphatic rings. The zero-order valence-corrected chi connectivity index (χ0v) is 14.4. The summed E-state index contributed by atoms with van der Waals surface area (Å²) in [6.07, 6.45) is -0.110. The van der Waals surface area contributed by atoms with Gasteiger partial charge in [0.25, 0.3) is 0 Å². The van der Waals surface area contributed by atoms with E-state index < -0.39 is 0 Å². The Kier molecular flexibility index (Phi) is 6.35. The lowest BCUT2D eigenvalue weighted by molar-refractivity contribution is -0.144.